The zero-order valence-corrected chi connectivity index (χ0v) is 18.0. The van der Waals surface area contributed by atoms with Crippen LogP contribution in [0, 0.1) is 0 Å². The zero-order valence-electron chi connectivity index (χ0n) is 15.7. The summed E-state index contributed by atoms with van der Waals surface area (Å²) in [6.07, 6.45) is 4.17. The number of methoxy groups -OCH3 is 2. The molecule has 0 radical (unpaired) electrons. The first-order chi connectivity index (χ1) is 13.0. The largest absolute Gasteiger partial charge is 0.497 e. The van der Waals surface area contributed by atoms with E-state index in [4.69, 9.17) is 21.1 Å². The molecule has 2 aromatic rings. The third-order valence-corrected chi connectivity index (χ3v) is 5.60. The number of anilines is 2. The summed E-state index contributed by atoms with van der Waals surface area (Å²) in [5, 5.41) is 0.288. The molecule has 1 atom stereocenters. The van der Waals surface area contributed by atoms with E-state index in [2.05, 4.69) is 20.9 Å². The minimum Gasteiger partial charge on any atom is -0.497 e. The maximum atomic E-state index is 13.2. The van der Waals surface area contributed by atoms with Gasteiger partial charge in [-0.25, -0.2) is 4.98 Å². The van der Waals surface area contributed by atoms with Crippen molar-refractivity contribution in [1.82, 2.24) is 9.55 Å². The van der Waals surface area contributed by atoms with Crippen molar-refractivity contribution < 1.29 is 9.47 Å². The first kappa shape index (κ1) is 20.2. The van der Waals surface area contributed by atoms with Crippen LogP contribution in [0.3, 0.4) is 0 Å². The van der Waals surface area contributed by atoms with Crippen LogP contribution >= 0.6 is 27.5 Å². The van der Waals surface area contributed by atoms with E-state index in [1.54, 1.807) is 25.0 Å². The van der Waals surface area contributed by atoms with Crippen LogP contribution in [0.1, 0.15) is 31.4 Å². The van der Waals surface area contributed by atoms with Gasteiger partial charge in [0.05, 0.1) is 25.4 Å². The van der Waals surface area contributed by atoms with Crippen LogP contribution in [0.2, 0.25) is 5.15 Å². The monoisotopic (exact) mass is 455 g/mol. The van der Waals surface area contributed by atoms with Gasteiger partial charge in [0.2, 0.25) is 5.82 Å². The van der Waals surface area contributed by atoms with Gasteiger partial charge in [0.1, 0.15) is 10.9 Å². The average Bonchev–Trinajstić information content (AvgIpc) is 2.67. The maximum absolute atomic E-state index is 13.2. The Morgan fingerprint density at radius 1 is 1.37 bits per heavy atom. The van der Waals surface area contributed by atoms with Crippen molar-refractivity contribution in [3.63, 3.8) is 0 Å². The molecule has 2 heterocycles. The molecule has 0 saturated carbocycles. The fraction of sp³-hybridized carbons (Fsp3) is 0.474. The van der Waals surface area contributed by atoms with Crippen LogP contribution < -0.4 is 15.2 Å². The lowest BCUT2D eigenvalue weighted by atomic mass is 10.0. The molecule has 6 nitrogen and oxygen atoms in total. The third-order valence-electron chi connectivity index (χ3n) is 4.81. The van der Waals surface area contributed by atoms with Crippen molar-refractivity contribution in [3.05, 3.63) is 43.9 Å². The van der Waals surface area contributed by atoms with Gasteiger partial charge in [-0.1, -0.05) is 18.5 Å². The Balaban J connectivity index is 2.14. The zero-order chi connectivity index (χ0) is 19.6. The van der Waals surface area contributed by atoms with Gasteiger partial charge in [0, 0.05) is 24.3 Å². The summed E-state index contributed by atoms with van der Waals surface area (Å²) in [6.45, 7) is 3.15. The summed E-state index contributed by atoms with van der Waals surface area (Å²) in [4.78, 5) is 19.6. The Morgan fingerprint density at radius 3 is 2.81 bits per heavy atom. The molecule has 1 aromatic carbocycles. The fourth-order valence-corrected chi connectivity index (χ4v) is 4.37. The highest BCUT2D eigenvalue weighted by molar-refractivity contribution is 9.10. The minimum absolute atomic E-state index is 0.0923. The predicted octanol–water partition coefficient (Wildman–Crippen LogP) is 4.35. The Kier molecular flexibility index (Phi) is 6.44. The molecule has 0 fully saturated rings. The van der Waals surface area contributed by atoms with Crippen molar-refractivity contribution in [2.45, 2.75) is 32.2 Å². The molecule has 27 heavy (non-hydrogen) atoms. The molecule has 146 valence electrons. The van der Waals surface area contributed by atoms with E-state index in [0.29, 0.717) is 19.0 Å². The quantitative estimate of drug-likeness (QED) is 0.647. The van der Waals surface area contributed by atoms with E-state index in [1.807, 2.05) is 24.0 Å². The van der Waals surface area contributed by atoms with E-state index >= 15 is 0 Å². The summed E-state index contributed by atoms with van der Waals surface area (Å²) in [7, 11) is 3.27. The number of nitrogens with zero attached hydrogens (tertiary/aromatic N) is 3. The molecule has 0 amide bonds. The molecular weight excluding hydrogens is 434 g/mol. The standard InChI is InChI=1S/C19H23BrClN3O3/c1-4-13(11-26-2)24-10-16(21)22-18(19(24)25)23-7-5-6-12-8-14(27-3)9-15(20)17(12)23/h8-10,13H,4-7,11H2,1-3H3/t13-/m0/s1. The van der Waals surface area contributed by atoms with Gasteiger partial charge in [-0.3, -0.25) is 4.79 Å². The number of benzene rings is 1. The van der Waals surface area contributed by atoms with Gasteiger partial charge in [-0.2, -0.15) is 0 Å². The lowest BCUT2D eigenvalue weighted by Gasteiger charge is -2.32. The maximum Gasteiger partial charge on any atom is 0.294 e. The Morgan fingerprint density at radius 2 is 2.15 bits per heavy atom. The Labute approximate surface area is 172 Å². The van der Waals surface area contributed by atoms with E-state index in [9.17, 15) is 4.79 Å². The van der Waals surface area contributed by atoms with Crippen LogP contribution in [-0.2, 0) is 11.2 Å². The topological polar surface area (TPSA) is 56.6 Å². The molecule has 0 unspecified atom stereocenters. The van der Waals surface area contributed by atoms with E-state index < -0.39 is 0 Å². The molecule has 0 N–H and O–H groups in total. The second kappa shape index (κ2) is 8.63. The van der Waals surface area contributed by atoms with Gasteiger partial charge < -0.3 is 18.9 Å². The Hall–Kier alpha value is -1.57. The number of hydrogen-bond donors (Lipinski definition) is 0. The molecule has 1 aliphatic rings. The molecule has 3 rings (SSSR count). The normalized spacial score (nSPS) is 14.8. The SMILES string of the molecule is CC[C@@H](COC)n1cc(Cl)nc(N2CCCc3cc(OC)cc(Br)c32)c1=O. The summed E-state index contributed by atoms with van der Waals surface area (Å²) >= 11 is 9.92. The van der Waals surface area contributed by atoms with Gasteiger partial charge >= 0.3 is 0 Å². The molecule has 0 aliphatic carbocycles. The lowest BCUT2D eigenvalue weighted by molar-refractivity contribution is 0.151. The summed E-state index contributed by atoms with van der Waals surface area (Å²) in [6, 6.07) is 3.82. The van der Waals surface area contributed by atoms with Crippen molar-refractivity contribution in [1.29, 1.82) is 0 Å². The highest BCUT2D eigenvalue weighted by Gasteiger charge is 2.27. The van der Waals surface area contributed by atoms with Crippen molar-refractivity contribution in [3.8, 4) is 5.75 Å². The lowest BCUT2D eigenvalue weighted by Crippen LogP contribution is -2.36. The van der Waals surface area contributed by atoms with Crippen LogP contribution in [-0.4, -0.2) is 36.9 Å². The Bertz CT molecular complexity index is 887. The van der Waals surface area contributed by atoms with Gasteiger partial charge in [0.15, 0.2) is 0 Å². The minimum atomic E-state index is -0.168. The average molecular weight is 457 g/mol. The molecule has 1 aliphatic heterocycles. The van der Waals surface area contributed by atoms with E-state index in [-0.39, 0.29) is 16.8 Å². The predicted molar refractivity (Wildman–Crippen MR) is 111 cm³/mol. The second-order valence-electron chi connectivity index (χ2n) is 6.49. The van der Waals surface area contributed by atoms with Gasteiger partial charge in [-0.05, 0) is 52.9 Å². The van der Waals surface area contributed by atoms with Crippen molar-refractivity contribution >= 4 is 39.0 Å². The van der Waals surface area contributed by atoms with Crippen LogP contribution in [0.5, 0.6) is 5.75 Å². The summed E-state index contributed by atoms with van der Waals surface area (Å²) < 4.78 is 13.2. The molecular formula is C19H23BrClN3O3. The van der Waals surface area contributed by atoms with Gasteiger partial charge in [-0.15, -0.1) is 0 Å². The van der Waals surface area contributed by atoms with Crippen LogP contribution in [0.4, 0.5) is 11.5 Å². The van der Waals surface area contributed by atoms with Crippen molar-refractivity contribution in [2.75, 3.05) is 32.3 Å². The highest BCUT2D eigenvalue weighted by Crippen LogP contribution is 2.40. The fourth-order valence-electron chi connectivity index (χ4n) is 3.49. The van der Waals surface area contributed by atoms with Crippen molar-refractivity contribution in [2.24, 2.45) is 0 Å². The highest BCUT2D eigenvalue weighted by atomic mass is 79.9. The molecule has 0 saturated heterocycles. The number of fused-ring (bicyclic) bond motifs is 1. The van der Waals surface area contributed by atoms with E-state index in [0.717, 1.165) is 40.7 Å². The summed E-state index contributed by atoms with van der Waals surface area (Å²) in [5.41, 5.74) is 1.89. The van der Waals surface area contributed by atoms with Crippen LogP contribution in [0.25, 0.3) is 0 Å². The molecule has 0 bridgehead atoms. The molecule has 0 spiro atoms. The number of ether oxygens (including phenoxy) is 2. The number of aromatic nitrogens is 2. The third kappa shape index (κ3) is 4.00. The van der Waals surface area contributed by atoms with Crippen LogP contribution in [0.15, 0.2) is 27.6 Å². The molecule has 1 aromatic heterocycles. The van der Waals surface area contributed by atoms with Gasteiger partial charge in [0.25, 0.3) is 5.56 Å². The number of rotatable bonds is 6. The second-order valence-corrected chi connectivity index (χ2v) is 7.73. The summed E-state index contributed by atoms with van der Waals surface area (Å²) in [5.74, 6) is 1.12. The molecule has 8 heteroatoms. The number of aryl methyl sites for hydroxylation is 1. The smallest absolute Gasteiger partial charge is 0.294 e. The first-order valence-corrected chi connectivity index (χ1v) is 10.1. The number of halogens is 2. The number of hydrogen-bond acceptors (Lipinski definition) is 5. The van der Waals surface area contributed by atoms with E-state index in [1.165, 1.54) is 0 Å². The first-order valence-electron chi connectivity index (χ1n) is 8.91.